The lowest BCUT2D eigenvalue weighted by Crippen LogP contribution is -2.26. The first-order valence-corrected chi connectivity index (χ1v) is 7.32. The zero-order valence-electron chi connectivity index (χ0n) is 11.1. The molecular formula is C14H15F5OS. The van der Waals surface area contributed by atoms with Gasteiger partial charge in [-0.2, -0.15) is 0 Å². The van der Waals surface area contributed by atoms with Crippen molar-refractivity contribution in [3.63, 3.8) is 0 Å². The van der Waals surface area contributed by atoms with Crippen LogP contribution in [0.1, 0.15) is 29.6 Å². The van der Waals surface area contributed by atoms with E-state index in [-0.39, 0.29) is 17.3 Å². The van der Waals surface area contributed by atoms with Crippen LogP contribution in [0.3, 0.4) is 0 Å². The zero-order valence-corrected chi connectivity index (χ0v) is 11.9. The molecule has 0 spiro atoms. The molecule has 0 amide bonds. The molecule has 1 aromatic carbocycles. The normalized spacial score (nSPS) is 13.4. The molecule has 0 bridgehead atoms. The van der Waals surface area contributed by atoms with E-state index in [1.54, 1.807) is 30.3 Å². The second-order valence-electron chi connectivity index (χ2n) is 4.52. The molecule has 1 aromatic rings. The summed E-state index contributed by atoms with van der Waals surface area (Å²) >= 11 is 0.881. The maximum absolute atomic E-state index is 13.2. The molecule has 1 unspecified atom stereocenters. The molecule has 118 valence electrons. The van der Waals surface area contributed by atoms with Crippen LogP contribution >= 0.6 is 11.8 Å². The molecule has 7 heteroatoms. The molecule has 0 aliphatic carbocycles. The summed E-state index contributed by atoms with van der Waals surface area (Å²) in [5, 5.41) is -0.241. The third-order valence-corrected chi connectivity index (χ3v) is 3.69. The Balaban J connectivity index is 2.28. The Morgan fingerprint density at radius 1 is 1.14 bits per heavy atom. The van der Waals surface area contributed by atoms with Crippen LogP contribution in [-0.2, 0) is 0 Å². The van der Waals surface area contributed by atoms with E-state index in [0.29, 0.717) is 5.56 Å². The third kappa shape index (κ3) is 6.93. The SMILES string of the molecule is O=C(SCCCC(F)(F)CC(F)C(F)F)c1ccccc1. The second kappa shape index (κ2) is 8.36. The summed E-state index contributed by atoms with van der Waals surface area (Å²) in [6, 6.07) is 8.35. The number of hydrogen-bond acceptors (Lipinski definition) is 2. The van der Waals surface area contributed by atoms with Crippen LogP contribution in [0.25, 0.3) is 0 Å². The van der Waals surface area contributed by atoms with E-state index in [1.165, 1.54) is 0 Å². The van der Waals surface area contributed by atoms with Crippen LogP contribution in [0.15, 0.2) is 30.3 Å². The Kier molecular flexibility index (Phi) is 7.14. The molecule has 1 nitrogen and oxygen atoms in total. The van der Waals surface area contributed by atoms with Crippen LogP contribution < -0.4 is 0 Å². The molecule has 0 saturated carbocycles. The highest BCUT2D eigenvalue weighted by atomic mass is 32.2. The van der Waals surface area contributed by atoms with Gasteiger partial charge in [0.1, 0.15) is 0 Å². The summed E-state index contributed by atoms with van der Waals surface area (Å²) in [6.07, 6.45) is -8.47. The van der Waals surface area contributed by atoms with Crippen LogP contribution in [-0.4, -0.2) is 29.4 Å². The highest BCUT2D eigenvalue weighted by molar-refractivity contribution is 8.14. The minimum atomic E-state index is -3.48. The van der Waals surface area contributed by atoms with Crippen molar-refractivity contribution in [2.45, 2.75) is 37.8 Å². The fourth-order valence-electron chi connectivity index (χ4n) is 1.63. The van der Waals surface area contributed by atoms with Gasteiger partial charge in [-0.05, 0) is 6.42 Å². The predicted octanol–water partition coefficient (Wildman–Crippen LogP) is 4.97. The molecule has 1 rings (SSSR count). The second-order valence-corrected chi connectivity index (χ2v) is 5.58. The van der Waals surface area contributed by atoms with Crippen molar-refractivity contribution in [1.82, 2.24) is 0 Å². The van der Waals surface area contributed by atoms with Gasteiger partial charge in [0.2, 0.25) is 5.12 Å². The first kappa shape index (κ1) is 17.9. The third-order valence-electron chi connectivity index (χ3n) is 2.70. The summed E-state index contributed by atoms with van der Waals surface area (Å²) in [4.78, 5) is 11.7. The number of rotatable bonds is 8. The summed E-state index contributed by atoms with van der Waals surface area (Å²) < 4.78 is 62.8. The summed E-state index contributed by atoms with van der Waals surface area (Å²) in [7, 11) is 0. The first-order valence-electron chi connectivity index (χ1n) is 6.34. The molecule has 0 saturated heterocycles. The van der Waals surface area contributed by atoms with E-state index in [0.717, 1.165) is 11.8 Å². The van der Waals surface area contributed by atoms with Crippen molar-refractivity contribution in [1.29, 1.82) is 0 Å². The van der Waals surface area contributed by atoms with Gasteiger partial charge in [-0.25, -0.2) is 22.0 Å². The summed E-state index contributed by atoms with van der Waals surface area (Å²) in [5.41, 5.74) is 0.468. The van der Waals surface area contributed by atoms with E-state index >= 15 is 0 Å². The number of carbonyl (C=O) groups is 1. The van der Waals surface area contributed by atoms with E-state index < -0.39 is 31.4 Å². The number of alkyl halides is 5. The average molecular weight is 326 g/mol. The summed E-state index contributed by atoms with van der Waals surface area (Å²) in [6.45, 7) is 0. The molecule has 0 fully saturated rings. The van der Waals surface area contributed by atoms with Gasteiger partial charge in [-0.3, -0.25) is 4.79 Å². The van der Waals surface area contributed by atoms with Crippen LogP contribution in [0.2, 0.25) is 0 Å². The number of thioether (sulfide) groups is 1. The van der Waals surface area contributed by atoms with Crippen LogP contribution in [0.5, 0.6) is 0 Å². The molecule has 0 heterocycles. The predicted molar refractivity (Wildman–Crippen MR) is 72.9 cm³/mol. The number of halogens is 5. The monoisotopic (exact) mass is 326 g/mol. The van der Waals surface area contributed by atoms with E-state index in [1.807, 2.05) is 0 Å². The van der Waals surface area contributed by atoms with Gasteiger partial charge in [0.25, 0.3) is 12.3 Å². The Hall–Kier alpha value is -1.11. The molecule has 0 aromatic heterocycles. The Morgan fingerprint density at radius 2 is 1.76 bits per heavy atom. The fraction of sp³-hybridized carbons (Fsp3) is 0.500. The van der Waals surface area contributed by atoms with Crippen molar-refractivity contribution in [2.24, 2.45) is 0 Å². The zero-order chi connectivity index (χ0) is 15.9. The van der Waals surface area contributed by atoms with Crippen molar-refractivity contribution < 1.29 is 26.7 Å². The standard InChI is InChI=1S/C14H15F5OS/c15-11(12(16)17)9-14(18,19)7-4-8-21-13(20)10-5-2-1-3-6-10/h1-3,5-6,11-12H,4,7-9H2. The van der Waals surface area contributed by atoms with Gasteiger partial charge in [0, 0.05) is 24.2 Å². The smallest absolute Gasteiger partial charge is 0.269 e. The molecular weight excluding hydrogens is 311 g/mol. The van der Waals surface area contributed by atoms with Crippen molar-refractivity contribution in [3.8, 4) is 0 Å². The quantitative estimate of drug-likeness (QED) is 0.496. The number of benzene rings is 1. The van der Waals surface area contributed by atoms with Gasteiger partial charge in [-0.15, -0.1) is 0 Å². The van der Waals surface area contributed by atoms with Gasteiger partial charge in [-0.1, -0.05) is 42.1 Å². The Bertz CT molecular complexity index is 438. The average Bonchev–Trinajstić information content (AvgIpc) is 2.43. The lowest BCUT2D eigenvalue weighted by atomic mass is 10.1. The molecule has 1 atom stereocenters. The minimum Gasteiger partial charge on any atom is -0.282 e. The van der Waals surface area contributed by atoms with Gasteiger partial charge >= 0.3 is 0 Å². The number of carbonyl (C=O) groups excluding carboxylic acids is 1. The molecule has 0 aliphatic rings. The number of hydrogen-bond donors (Lipinski definition) is 0. The van der Waals surface area contributed by atoms with E-state index in [4.69, 9.17) is 0 Å². The first-order chi connectivity index (χ1) is 9.82. The lowest BCUT2D eigenvalue weighted by Gasteiger charge is -2.18. The summed E-state index contributed by atoms with van der Waals surface area (Å²) in [5.74, 6) is -3.35. The fourth-order valence-corrected chi connectivity index (χ4v) is 2.41. The van der Waals surface area contributed by atoms with E-state index in [2.05, 4.69) is 0 Å². The van der Waals surface area contributed by atoms with Crippen molar-refractivity contribution in [3.05, 3.63) is 35.9 Å². The van der Waals surface area contributed by atoms with Gasteiger partial charge < -0.3 is 0 Å². The largest absolute Gasteiger partial charge is 0.282 e. The van der Waals surface area contributed by atoms with E-state index in [9.17, 15) is 26.7 Å². The molecule has 0 aliphatic heterocycles. The molecule has 0 N–H and O–H groups in total. The maximum Gasteiger partial charge on any atom is 0.269 e. The minimum absolute atomic E-state index is 0.0494. The highest BCUT2D eigenvalue weighted by Gasteiger charge is 2.36. The van der Waals surface area contributed by atoms with Crippen molar-refractivity contribution >= 4 is 16.9 Å². The van der Waals surface area contributed by atoms with Crippen molar-refractivity contribution in [2.75, 3.05) is 5.75 Å². The van der Waals surface area contributed by atoms with Gasteiger partial charge in [0.05, 0.1) is 0 Å². The highest BCUT2D eigenvalue weighted by Crippen LogP contribution is 2.30. The Morgan fingerprint density at radius 3 is 2.33 bits per heavy atom. The topological polar surface area (TPSA) is 17.1 Å². The van der Waals surface area contributed by atoms with Crippen LogP contribution in [0.4, 0.5) is 22.0 Å². The molecule has 21 heavy (non-hydrogen) atoms. The Labute approximate surface area is 123 Å². The lowest BCUT2D eigenvalue weighted by molar-refractivity contribution is -0.0659. The van der Waals surface area contributed by atoms with Crippen LogP contribution in [0, 0.1) is 0 Å². The van der Waals surface area contributed by atoms with Gasteiger partial charge in [0.15, 0.2) is 6.17 Å². The maximum atomic E-state index is 13.2. The molecule has 0 radical (unpaired) electrons.